The van der Waals surface area contributed by atoms with E-state index in [0.717, 1.165) is 23.5 Å². The summed E-state index contributed by atoms with van der Waals surface area (Å²) in [4.78, 5) is 16.4. The number of nitrogens with one attached hydrogen (secondary N) is 1. The molecule has 0 radical (unpaired) electrons. The van der Waals surface area contributed by atoms with Gasteiger partial charge < -0.3 is 9.88 Å². The van der Waals surface area contributed by atoms with Crippen LogP contribution in [0.3, 0.4) is 0 Å². The van der Waals surface area contributed by atoms with Gasteiger partial charge in [-0.3, -0.25) is 4.79 Å². The highest BCUT2D eigenvalue weighted by molar-refractivity contribution is 5.76. The van der Waals surface area contributed by atoms with E-state index >= 15 is 0 Å². The third-order valence-electron chi connectivity index (χ3n) is 4.04. The van der Waals surface area contributed by atoms with Gasteiger partial charge in [0.15, 0.2) is 0 Å². The van der Waals surface area contributed by atoms with Crippen LogP contribution < -0.4 is 5.32 Å². The van der Waals surface area contributed by atoms with E-state index in [2.05, 4.69) is 10.3 Å². The van der Waals surface area contributed by atoms with Crippen molar-refractivity contribution in [1.29, 1.82) is 0 Å². The number of carbonyl (C=O) groups excluding carboxylic acids is 1. The highest BCUT2D eigenvalue weighted by Crippen LogP contribution is 2.16. The number of benzene rings is 2. The molecular formula is C20H21N3O. The molecule has 1 heterocycles. The fraction of sp³-hybridized carbons (Fsp3) is 0.200. The van der Waals surface area contributed by atoms with Gasteiger partial charge in [0.1, 0.15) is 5.82 Å². The van der Waals surface area contributed by atoms with Crippen molar-refractivity contribution in [2.75, 3.05) is 0 Å². The maximum absolute atomic E-state index is 12.1. The summed E-state index contributed by atoms with van der Waals surface area (Å²) in [5.74, 6) is 0.994. The Morgan fingerprint density at radius 2 is 1.83 bits per heavy atom. The van der Waals surface area contributed by atoms with Gasteiger partial charge >= 0.3 is 0 Å². The Hall–Kier alpha value is -2.88. The highest BCUT2D eigenvalue weighted by atomic mass is 16.1. The standard InChI is InChI=1S/C20H21N3O/c1-16-21-13-14-23(16)19-10-6-5-9-18(19)15-22-20(24)12-11-17-7-3-2-4-8-17/h2-10,13-14H,11-12,15H2,1H3,(H,22,24). The van der Waals surface area contributed by atoms with E-state index in [1.54, 1.807) is 6.20 Å². The van der Waals surface area contributed by atoms with Crippen molar-refractivity contribution < 1.29 is 4.79 Å². The minimum atomic E-state index is 0.0657. The van der Waals surface area contributed by atoms with E-state index < -0.39 is 0 Å². The number of nitrogens with zero attached hydrogens (tertiary/aromatic N) is 2. The number of amides is 1. The molecule has 1 aromatic heterocycles. The molecule has 0 bridgehead atoms. The van der Waals surface area contributed by atoms with Crippen LogP contribution in [0, 0.1) is 6.92 Å². The Kier molecular flexibility index (Phi) is 5.06. The van der Waals surface area contributed by atoms with Gasteiger partial charge in [-0.1, -0.05) is 48.5 Å². The maximum Gasteiger partial charge on any atom is 0.220 e. The summed E-state index contributed by atoms with van der Waals surface area (Å²) in [6.45, 7) is 2.48. The number of aryl methyl sites for hydroxylation is 2. The zero-order valence-corrected chi connectivity index (χ0v) is 13.8. The lowest BCUT2D eigenvalue weighted by atomic mass is 10.1. The molecule has 0 saturated carbocycles. The average Bonchev–Trinajstić information content (AvgIpc) is 3.05. The third kappa shape index (κ3) is 3.90. The zero-order valence-electron chi connectivity index (χ0n) is 13.8. The summed E-state index contributed by atoms with van der Waals surface area (Å²) < 4.78 is 2.03. The lowest BCUT2D eigenvalue weighted by Crippen LogP contribution is -2.23. The first-order valence-electron chi connectivity index (χ1n) is 8.13. The molecule has 1 amide bonds. The van der Waals surface area contributed by atoms with Gasteiger partial charge in [0.2, 0.25) is 5.91 Å². The van der Waals surface area contributed by atoms with E-state index in [9.17, 15) is 4.79 Å². The van der Waals surface area contributed by atoms with Crippen LogP contribution in [-0.2, 0) is 17.8 Å². The van der Waals surface area contributed by atoms with Crippen LogP contribution in [0.2, 0.25) is 0 Å². The summed E-state index contributed by atoms with van der Waals surface area (Å²) >= 11 is 0. The van der Waals surface area contributed by atoms with Crippen molar-refractivity contribution in [3.63, 3.8) is 0 Å². The van der Waals surface area contributed by atoms with Gasteiger partial charge in [-0.25, -0.2) is 4.98 Å². The Morgan fingerprint density at radius 3 is 2.58 bits per heavy atom. The second kappa shape index (κ2) is 7.59. The molecule has 0 fully saturated rings. The fourth-order valence-electron chi connectivity index (χ4n) is 2.71. The molecule has 122 valence electrons. The van der Waals surface area contributed by atoms with Crippen molar-refractivity contribution in [2.45, 2.75) is 26.3 Å². The van der Waals surface area contributed by atoms with Crippen molar-refractivity contribution in [1.82, 2.24) is 14.9 Å². The largest absolute Gasteiger partial charge is 0.352 e. The van der Waals surface area contributed by atoms with E-state index in [0.29, 0.717) is 13.0 Å². The first-order valence-corrected chi connectivity index (χ1v) is 8.13. The molecule has 3 rings (SSSR count). The summed E-state index contributed by atoms with van der Waals surface area (Å²) in [6, 6.07) is 18.1. The fourth-order valence-corrected chi connectivity index (χ4v) is 2.71. The molecule has 0 unspecified atom stereocenters. The number of hydrogen-bond donors (Lipinski definition) is 1. The first-order chi connectivity index (χ1) is 11.7. The number of hydrogen-bond acceptors (Lipinski definition) is 2. The van der Waals surface area contributed by atoms with Crippen LogP contribution in [0.4, 0.5) is 0 Å². The number of aromatic nitrogens is 2. The molecule has 0 aliphatic heterocycles. The van der Waals surface area contributed by atoms with Crippen molar-refractivity contribution in [3.8, 4) is 5.69 Å². The Morgan fingerprint density at radius 1 is 1.08 bits per heavy atom. The average molecular weight is 319 g/mol. The molecule has 4 heteroatoms. The minimum absolute atomic E-state index is 0.0657. The lowest BCUT2D eigenvalue weighted by Gasteiger charge is -2.12. The molecular weight excluding hydrogens is 298 g/mol. The monoisotopic (exact) mass is 319 g/mol. The second-order valence-corrected chi connectivity index (χ2v) is 5.74. The topological polar surface area (TPSA) is 46.9 Å². The smallest absolute Gasteiger partial charge is 0.220 e. The predicted molar refractivity (Wildman–Crippen MR) is 94.9 cm³/mol. The molecule has 0 atom stereocenters. The second-order valence-electron chi connectivity index (χ2n) is 5.74. The summed E-state index contributed by atoms with van der Waals surface area (Å²) in [7, 11) is 0. The number of para-hydroxylation sites is 1. The number of rotatable bonds is 6. The van der Waals surface area contributed by atoms with Gasteiger partial charge in [0.05, 0.1) is 5.69 Å². The van der Waals surface area contributed by atoms with E-state index in [1.165, 1.54) is 5.56 Å². The summed E-state index contributed by atoms with van der Waals surface area (Å²) in [5, 5.41) is 3.02. The van der Waals surface area contributed by atoms with Gasteiger partial charge in [-0.05, 0) is 30.5 Å². The first kappa shape index (κ1) is 16.0. The maximum atomic E-state index is 12.1. The molecule has 2 aromatic carbocycles. The van der Waals surface area contributed by atoms with Crippen LogP contribution in [0.15, 0.2) is 67.0 Å². The van der Waals surface area contributed by atoms with Crippen LogP contribution >= 0.6 is 0 Å². The van der Waals surface area contributed by atoms with E-state index in [4.69, 9.17) is 0 Å². The summed E-state index contributed by atoms with van der Waals surface area (Å²) in [5.41, 5.74) is 3.31. The number of carbonyl (C=O) groups is 1. The quantitative estimate of drug-likeness (QED) is 0.756. The van der Waals surface area contributed by atoms with Crippen LogP contribution in [0.1, 0.15) is 23.4 Å². The van der Waals surface area contributed by atoms with E-state index in [1.807, 2.05) is 72.3 Å². The molecule has 4 nitrogen and oxygen atoms in total. The number of imidazole rings is 1. The molecule has 0 saturated heterocycles. The van der Waals surface area contributed by atoms with Crippen LogP contribution in [-0.4, -0.2) is 15.5 Å². The SMILES string of the molecule is Cc1nccn1-c1ccccc1CNC(=O)CCc1ccccc1. The molecule has 24 heavy (non-hydrogen) atoms. The normalized spacial score (nSPS) is 10.5. The van der Waals surface area contributed by atoms with Crippen molar-refractivity contribution in [3.05, 3.63) is 83.9 Å². The molecule has 0 aliphatic rings. The molecule has 1 N–H and O–H groups in total. The Labute approximate surface area is 142 Å². The zero-order chi connectivity index (χ0) is 16.8. The third-order valence-corrected chi connectivity index (χ3v) is 4.04. The minimum Gasteiger partial charge on any atom is -0.352 e. The van der Waals surface area contributed by atoms with Gasteiger partial charge in [-0.15, -0.1) is 0 Å². The van der Waals surface area contributed by atoms with Crippen LogP contribution in [0.5, 0.6) is 0 Å². The highest BCUT2D eigenvalue weighted by Gasteiger charge is 2.08. The molecule has 3 aromatic rings. The van der Waals surface area contributed by atoms with E-state index in [-0.39, 0.29) is 5.91 Å². The Bertz CT molecular complexity index is 809. The van der Waals surface area contributed by atoms with Gasteiger partial charge in [-0.2, -0.15) is 0 Å². The van der Waals surface area contributed by atoms with Gasteiger partial charge in [0, 0.05) is 25.4 Å². The van der Waals surface area contributed by atoms with Crippen molar-refractivity contribution >= 4 is 5.91 Å². The van der Waals surface area contributed by atoms with Crippen molar-refractivity contribution in [2.24, 2.45) is 0 Å². The van der Waals surface area contributed by atoms with Gasteiger partial charge in [0.25, 0.3) is 0 Å². The molecule has 0 spiro atoms. The van der Waals surface area contributed by atoms with Crippen LogP contribution in [0.25, 0.3) is 5.69 Å². The predicted octanol–water partition coefficient (Wildman–Crippen LogP) is 3.43. The Balaban J connectivity index is 1.61. The molecule has 0 aliphatic carbocycles. The summed E-state index contributed by atoms with van der Waals surface area (Å²) in [6.07, 6.45) is 4.97. The lowest BCUT2D eigenvalue weighted by molar-refractivity contribution is -0.121.